The van der Waals surface area contributed by atoms with Crippen molar-refractivity contribution in [1.82, 2.24) is 4.90 Å². The summed E-state index contributed by atoms with van der Waals surface area (Å²) >= 11 is 6.02. The molecule has 182 valence electrons. The summed E-state index contributed by atoms with van der Waals surface area (Å²) < 4.78 is 11.9. The number of benzene rings is 3. The monoisotopic (exact) mass is 493 g/mol. The van der Waals surface area contributed by atoms with Gasteiger partial charge < -0.3 is 19.5 Å². The lowest BCUT2D eigenvalue weighted by Gasteiger charge is -2.24. The normalized spacial score (nSPS) is 16.3. The van der Waals surface area contributed by atoms with Crippen LogP contribution in [0.25, 0.3) is 0 Å². The molecule has 0 aliphatic carbocycles. The number of hydrogen-bond donors (Lipinski definition) is 1. The zero-order chi connectivity index (χ0) is 25.0. The lowest BCUT2D eigenvalue weighted by atomic mass is 9.91. The molecule has 1 N–H and O–H groups in total. The van der Waals surface area contributed by atoms with Gasteiger partial charge in [0.15, 0.2) is 11.5 Å². The number of nitrogens with zero attached hydrogens (tertiary/aromatic N) is 1. The predicted molar refractivity (Wildman–Crippen MR) is 135 cm³/mol. The van der Waals surface area contributed by atoms with Gasteiger partial charge in [-0.25, -0.2) is 0 Å². The molecule has 1 aliphatic rings. The highest BCUT2D eigenvalue weighted by atomic mass is 35.5. The molecule has 3 aromatic carbocycles. The number of carbonyl (C=O) groups excluding carboxylic acids is 1. The molecule has 1 aliphatic heterocycles. The molecule has 1 amide bonds. The molecule has 0 bridgehead atoms. The van der Waals surface area contributed by atoms with E-state index in [9.17, 15) is 14.7 Å². The van der Waals surface area contributed by atoms with Crippen LogP contribution < -0.4 is 9.47 Å². The molecule has 0 radical (unpaired) electrons. The summed E-state index contributed by atoms with van der Waals surface area (Å²) in [7, 11) is 1.53. The average Bonchev–Trinajstić information content (AvgIpc) is 3.18. The number of carboxylic acids is 1. The highest BCUT2D eigenvalue weighted by Crippen LogP contribution is 2.44. The van der Waals surface area contributed by atoms with Gasteiger partial charge >= 0.3 is 5.97 Å². The van der Waals surface area contributed by atoms with E-state index in [-0.39, 0.29) is 12.5 Å². The number of fused-ring (bicyclic) bond motifs is 1. The van der Waals surface area contributed by atoms with Crippen molar-refractivity contribution in [3.63, 3.8) is 0 Å². The summed E-state index contributed by atoms with van der Waals surface area (Å²) in [5.74, 6) is -0.326. The molecular weight excluding hydrogens is 466 g/mol. The number of methoxy groups -OCH3 is 1. The second kappa shape index (κ2) is 10.4. The summed E-state index contributed by atoms with van der Waals surface area (Å²) in [5.41, 5.74) is 2.86. The van der Waals surface area contributed by atoms with Gasteiger partial charge in [0.05, 0.1) is 7.11 Å². The minimum Gasteiger partial charge on any atom is -0.493 e. The minimum absolute atomic E-state index is 0.291. The van der Waals surface area contributed by atoms with E-state index in [1.165, 1.54) is 12.0 Å². The number of hydrogen-bond acceptors (Lipinski definition) is 4. The van der Waals surface area contributed by atoms with Crippen LogP contribution in [0.3, 0.4) is 0 Å². The van der Waals surface area contributed by atoms with Crippen LogP contribution in [0.4, 0.5) is 0 Å². The molecule has 1 atom stereocenters. The molecule has 35 heavy (non-hydrogen) atoms. The SMILES string of the molecule is COc1cc(C(=O)N(CCc2ccccc2)CC(=O)O)cc2c1O[C@](C)(Cc1ccc(Cl)cc1)C2. The van der Waals surface area contributed by atoms with Crippen LogP contribution in [-0.2, 0) is 24.1 Å². The van der Waals surface area contributed by atoms with Gasteiger partial charge in [0, 0.05) is 35.5 Å². The molecule has 1 heterocycles. The Labute approximate surface area is 210 Å². The van der Waals surface area contributed by atoms with Crippen LogP contribution >= 0.6 is 11.6 Å². The molecule has 0 unspecified atom stereocenters. The molecule has 4 rings (SSSR count). The van der Waals surface area contributed by atoms with E-state index in [0.717, 1.165) is 16.7 Å². The zero-order valence-electron chi connectivity index (χ0n) is 19.8. The van der Waals surface area contributed by atoms with Gasteiger partial charge in [-0.3, -0.25) is 9.59 Å². The Balaban J connectivity index is 1.56. The van der Waals surface area contributed by atoms with E-state index >= 15 is 0 Å². The fourth-order valence-corrected chi connectivity index (χ4v) is 4.63. The molecule has 6 nitrogen and oxygen atoms in total. The van der Waals surface area contributed by atoms with Crippen LogP contribution in [0.5, 0.6) is 11.5 Å². The molecule has 0 spiro atoms. The van der Waals surface area contributed by atoms with Crippen LogP contribution in [0, 0.1) is 0 Å². The maximum atomic E-state index is 13.4. The number of rotatable bonds is 9. The predicted octanol–water partition coefficient (Wildman–Crippen LogP) is 5.05. The Morgan fingerprint density at radius 2 is 1.80 bits per heavy atom. The van der Waals surface area contributed by atoms with Crippen molar-refractivity contribution in [1.29, 1.82) is 0 Å². The van der Waals surface area contributed by atoms with Gasteiger partial charge in [0.1, 0.15) is 12.1 Å². The largest absolute Gasteiger partial charge is 0.493 e. The Kier molecular flexibility index (Phi) is 7.31. The number of ether oxygens (including phenoxy) is 2. The second-order valence-electron chi connectivity index (χ2n) is 9.05. The topological polar surface area (TPSA) is 76.1 Å². The lowest BCUT2D eigenvalue weighted by molar-refractivity contribution is -0.137. The summed E-state index contributed by atoms with van der Waals surface area (Å²) in [6.07, 6.45) is 1.81. The third-order valence-corrected chi connectivity index (χ3v) is 6.38. The first-order valence-corrected chi connectivity index (χ1v) is 11.8. The highest BCUT2D eigenvalue weighted by Gasteiger charge is 2.38. The number of halogens is 1. The smallest absolute Gasteiger partial charge is 0.323 e. The van der Waals surface area contributed by atoms with Crippen LogP contribution in [-0.4, -0.2) is 47.7 Å². The van der Waals surface area contributed by atoms with E-state index in [1.54, 1.807) is 12.1 Å². The van der Waals surface area contributed by atoms with Crippen LogP contribution in [0.15, 0.2) is 66.7 Å². The summed E-state index contributed by atoms with van der Waals surface area (Å²) in [4.78, 5) is 26.3. The molecule has 0 aromatic heterocycles. The first-order chi connectivity index (χ1) is 16.8. The van der Waals surface area contributed by atoms with E-state index < -0.39 is 11.6 Å². The molecule has 3 aromatic rings. The van der Waals surface area contributed by atoms with Crippen LogP contribution in [0.1, 0.15) is 34.0 Å². The summed E-state index contributed by atoms with van der Waals surface area (Å²) in [6, 6.07) is 20.8. The van der Waals surface area contributed by atoms with Crippen molar-refractivity contribution < 1.29 is 24.2 Å². The standard InChI is InChI=1S/C28H28ClNO5/c1-28(16-20-8-10-23(29)11-9-20)17-22-14-21(15-24(34-2)26(22)35-28)27(33)30(18-25(31)32)13-12-19-6-4-3-5-7-19/h3-11,14-15H,12-13,16-18H2,1-2H3,(H,31,32)/t28-/m1/s1. The zero-order valence-corrected chi connectivity index (χ0v) is 20.5. The Hall–Kier alpha value is -3.51. The van der Waals surface area contributed by atoms with E-state index in [4.69, 9.17) is 21.1 Å². The Bertz CT molecular complexity index is 1210. The third kappa shape index (κ3) is 5.95. The van der Waals surface area contributed by atoms with Crippen molar-refractivity contribution in [3.05, 3.63) is 94.0 Å². The molecular formula is C28H28ClNO5. The second-order valence-corrected chi connectivity index (χ2v) is 9.49. The van der Waals surface area contributed by atoms with Gasteiger partial charge in [-0.15, -0.1) is 0 Å². The minimum atomic E-state index is -1.06. The van der Waals surface area contributed by atoms with Gasteiger partial charge in [-0.05, 0) is 48.7 Å². The van der Waals surface area contributed by atoms with Crippen molar-refractivity contribution in [2.24, 2.45) is 0 Å². The third-order valence-electron chi connectivity index (χ3n) is 6.13. The maximum absolute atomic E-state index is 13.4. The number of carbonyl (C=O) groups is 2. The van der Waals surface area contributed by atoms with Crippen molar-refractivity contribution >= 4 is 23.5 Å². The number of carboxylic acid groups (broad SMARTS) is 1. The molecule has 0 saturated heterocycles. The van der Waals surface area contributed by atoms with E-state index in [2.05, 4.69) is 0 Å². The number of aliphatic carboxylic acids is 1. The van der Waals surface area contributed by atoms with Crippen LogP contribution in [0.2, 0.25) is 5.02 Å². The van der Waals surface area contributed by atoms with E-state index in [0.29, 0.717) is 47.9 Å². The fraction of sp³-hybridized carbons (Fsp3) is 0.286. The van der Waals surface area contributed by atoms with Crippen molar-refractivity contribution in [2.45, 2.75) is 31.8 Å². The maximum Gasteiger partial charge on any atom is 0.323 e. The first-order valence-electron chi connectivity index (χ1n) is 11.5. The quantitative estimate of drug-likeness (QED) is 0.451. The first kappa shape index (κ1) is 24.6. The van der Waals surface area contributed by atoms with Gasteiger partial charge in [-0.2, -0.15) is 0 Å². The Morgan fingerprint density at radius 1 is 1.09 bits per heavy atom. The summed E-state index contributed by atoms with van der Waals surface area (Å²) in [5, 5.41) is 10.1. The summed E-state index contributed by atoms with van der Waals surface area (Å²) in [6.45, 7) is 1.94. The Morgan fingerprint density at radius 3 is 2.46 bits per heavy atom. The van der Waals surface area contributed by atoms with Crippen molar-refractivity contribution in [3.8, 4) is 11.5 Å². The lowest BCUT2D eigenvalue weighted by Crippen LogP contribution is -2.37. The highest BCUT2D eigenvalue weighted by molar-refractivity contribution is 6.30. The van der Waals surface area contributed by atoms with Gasteiger partial charge in [0.25, 0.3) is 5.91 Å². The molecule has 0 saturated carbocycles. The fourth-order valence-electron chi connectivity index (χ4n) is 4.51. The molecule has 0 fully saturated rings. The van der Waals surface area contributed by atoms with Crippen molar-refractivity contribution in [2.75, 3.05) is 20.2 Å². The van der Waals surface area contributed by atoms with Gasteiger partial charge in [-0.1, -0.05) is 54.1 Å². The van der Waals surface area contributed by atoms with E-state index in [1.807, 2.05) is 61.5 Å². The van der Waals surface area contributed by atoms with Gasteiger partial charge in [0.2, 0.25) is 0 Å². The number of amides is 1. The average molecular weight is 494 g/mol. The molecule has 7 heteroatoms.